The first-order valence-electron chi connectivity index (χ1n) is 6.83. The largest absolute Gasteiger partial charge is 0.496 e. The Morgan fingerprint density at radius 3 is 2.73 bits per heavy atom. The third-order valence-electron chi connectivity index (χ3n) is 3.22. The number of carbonyl (C=O) groups excluding carboxylic acids is 1. The number of halogens is 1. The maximum atomic E-state index is 11.8. The van der Waals surface area contributed by atoms with Crippen molar-refractivity contribution < 1.29 is 14.3 Å². The van der Waals surface area contributed by atoms with E-state index in [0.717, 1.165) is 21.2 Å². The fourth-order valence-corrected chi connectivity index (χ4v) is 2.34. The quantitative estimate of drug-likeness (QED) is 0.580. The van der Waals surface area contributed by atoms with Gasteiger partial charge in [0.05, 0.1) is 7.11 Å². The van der Waals surface area contributed by atoms with Gasteiger partial charge in [-0.15, -0.1) is 0 Å². The van der Waals surface area contributed by atoms with Crippen LogP contribution in [0.15, 0.2) is 53.0 Å². The van der Waals surface area contributed by atoms with E-state index in [0.29, 0.717) is 5.75 Å². The lowest BCUT2D eigenvalue weighted by Crippen LogP contribution is -2.02. The Labute approximate surface area is 138 Å². The molecular weight excluding hydrogens is 344 g/mol. The van der Waals surface area contributed by atoms with Gasteiger partial charge in [0.15, 0.2) is 0 Å². The Balaban J connectivity index is 2.00. The van der Waals surface area contributed by atoms with E-state index in [1.165, 1.54) is 6.08 Å². The van der Waals surface area contributed by atoms with Gasteiger partial charge in [0.2, 0.25) is 0 Å². The Morgan fingerprint density at radius 1 is 1.23 bits per heavy atom. The van der Waals surface area contributed by atoms with Crippen LogP contribution in [0.3, 0.4) is 0 Å². The number of methoxy groups -OCH3 is 1. The molecule has 4 heteroatoms. The Kier molecular flexibility index (Phi) is 5.78. The summed E-state index contributed by atoms with van der Waals surface area (Å²) in [4.78, 5) is 11.8. The van der Waals surface area contributed by atoms with Crippen molar-refractivity contribution in [1.82, 2.24) is 0 Å². The van der Waals surface area contributed by atoms with E-state index in [2.05, 4.69) is 15.9 Å². The number of hydrogen-bond acceptors (Lipinski definition) is 3. The Morgan fingerprint density at radius 2 is 2.00 bits per heavy atom. The van der Waals surface area contributed by atoms with Crippen molar-refractivity contribution in [1.29, 1.82) is 0 Å². The highest BCUT2D eigenvalue weighted by Crippen LogP contribution is 2.24. The summed E-state index contributed by atoms with van der Waals surface area (Å²) in [5.74, 6) is 0.316. The molecule has 0 heterocycles. The molecule has 2 aromatic carbocycles. The van der Waals surface area contributed by atoms with Gasteiger partial charge in [-0.3, -0.25) is 0 Å². The zero-order valence-electron chi connectivity index (χ0n) is 12.5. The fraction of sp³-hybridized carbons (Fsp3) is 0.167. The molecule has 0 atom stereocenters. The van der Waals surface area contributed by atoms with Gasteiger partial charge >= 0.3 is 5.97 Å². The summed E-state index contributed by atoms with van der Waals surface area (Å²) >= 11 is 3.40. The molecule has 114 valence electrons. The second-order valence-electron chi connectivity index (χ2n) is 4.75. The van der Waals surface area contributed by atoms with Gasteiger partial charge in [-0.05, 0) is 42.3 Å². The second kappa shape index (κ2) is 7.80. The molecule has 22 heavy (non-hydrogen) atoms. The molecule has 0 aliphatic carbocycles. The van der Waals surface area contributed by atoms with Crippen molar-refractivity contribution in [3.05, 3.63) is 69.7 Å². The number of rotatable bonds is 5. The zero-order valence-corrected chi connectivity index (χ0v) is 14.1. The van der Waals surface area contributed by atoms with Gasteiger partial charge in [0.25, 0.3) is 0 Å². The first-order chi connectivity index (χ1) is 10.6. The van der Waals surface area contributed by atoms with Crippen LogP contribution in [0.2, 0.25) is 0 Å². The van der Waals surface area contributed by atoms with Crippen LogP contribution in [0.25, 0.3) is 6.08 Å². The molecule has 0 radical (unpaired) electrons. The van der Waals surface area contributed by atoms with Gasteiger partial charge in [-0.25, -0.2) is 4.79 Å². The van der Waals surface area contributed by atoms with Crippen LogP contribution in [-0.2, 0) is 16.1 Å². The molecule has 0 bridgehead atoms. The van der Waals surface area contributed by atoms with E-state index in [1.807, 2.05) is 49.4 Å². The van der Waals surface area contributed by atoms with E-state index >= 15 is 0 Å². The molecule has 0 saturated carbocycles. The predicted molar refractivity (Wildman–Crippen MR) is 90.7 cm³/mol. The lowest BCUT2D eigenvalue weighted by Gasteiger charge is -2.06. The van der Waals surface area contributed by atoms with Crippen molar-refractivity contribution in [2.45, 2.75) is 13.5 Å². The Bertz CT molecular complexity index is 692. The standard InChI is InChI=1S/C18H17BrO3/c1-13-5-3-4-6-15(13)12-22-18(20)10-7-14-11-16(19)8-9-17(14)21-2/h3-11H,12H2,1-2H3/b10-7+. The monoisotopic (exact) mass is 360 g/mol. The summed E-state index contributed by atoms with van der Waals surface area (Å²) in [6.45, 7) is 2.26. The maximum Gasteiger partial charge on any atom is 0.331 e. The second-order valence-corrected chi connectivity index (χ2v) is 5.67. The van der Waals surface area contributed by atoms with E-state index < -0.39 is 0 Å². The summed E-state index contributed by atoms with van der Waals surface area (Å²) in [7, 11) is 1.59. The molecule has 0 aliphatic heterocycles. The molecule has 0 fully saturated rings. The number of carbonyl (C=O) groups is 1. The molecule has 2 rings (SSSR count). The van der Waals surface area contributed by atoms with Crippen LogP contribution < -0.4 is 4.74 Å². The van der Waals surface area contributed by atoms with Crippen molar-refractivity contribution >= 4 is 28.0 Å². The third kappa shape index (κ3) is 4.46. The molecule has 0 spiro atoms. The molecule has 0 aromatic heterocycles. The smallest absolute Gasteiger partial charge is 0.331 e. The summed E-state index contributed by atoms with van der Waals surface area (Å²) < 4.78 is 11.4. The van der Waals surface area contributed by atoms with Crippen LogP contribution in [-0.4, -0.2) is 13.1 Å². The fourth-order valence-electron chi connectivity index (χ4n) is 1.96. The molecule has 0 N–H and O–H groups in total. The summed E-state index contributed by atoms with van der Waals surface area (Å²) in [5.41, 5.74) is 2.92. The van der Waals surface area contributed by atoms with E-state index in [4.69, 9.17) is 9.47 Å². The van der Waals surface area contributed by atoms with Gasteiger partial charge < -0.3 is 9.47 Å². The highest BCUT2D eigenvalue weighted by atomic mass is 79.9. The first-order valence-corrected chi connectivity index (χ1v) is 7.62. The molecule has 3 nitrogen and oxygen atoms in total. The first kappa shape index (κ1) is 16.3. The van der Waals surface area contributed by atoms with Crippen LogP contribution >= 0.6 is 15.9 Å². The summed E-state index contributed by atoms with van der Waals surface area (Å²) in [5, 5.41) is 0. The minimum Gasteiger partial charge on any atom is -0.496 e. The average Bonchev–Trinajstić information content (AvgIpc) is 2.52. The van der Waals surface area contributed by atoms with E-state index in [-0.39, 0.29) is 12.6 Å². The summed E-state index contributed by atoms with van der Waals surface area (Å²) in [6, 6.07) is 13.4. The zero-order chi connectivity index (χ0) is 15.9. The Hall–Kier alpha value is -2.07. The van der Waals surface area contributed by atoms with Crippen molar-refractivity contribution in [2.24, 2.45) is 0 Å². The van der Waals surface area contributed by atoms with Crippen LogP contribution in [0.1, 0.15) is 16.7 Å². The van der Waals surface area contributed by atoms with Gasteiger partial charge in [0.1, 0.15) is 12.4 Å². The minimum absolute atomic E-state index is 0.269. The highest BCUT2D eigenvalue weighted by Gasteiger charge is 2.04. The molecule has 0 unspecified atom stereocenters. The lowest BCUT2D eigenvalue weighted by molar-refractivity contribution is -0.138. The summed E-state index contributed by atoms with van der Waals surface area (Å²) in [6.07, 6.45) is 3.09. The van der Waals surface area contributed by atoms with E-state index in [1.54, 1.807) is 13.2 Å². The maximum absolute atomic E-state index is 11.8. The number of aryl methyl sites for hydroxylation is 1. The molecular formula is C18H17BrO3. The van der Waals surface area contributed by atoms with Crippen LogP contribution in [0, 0.1) is 6.92 Å². The third-order valence-corrected chi connectivity index (χ3v) is 3.72. The van der Waals surface area contributed by atoms with Crippen molar-refractivity contribution in [3.8, 4) is 5.75 Å². The highest BCUT2D eigenvalue weighted by molar-refractivity contribution is 9.10. The molecule has 0 aliphatic rings. The number of benzene rings is 2. The number of ether oxygens (including phenoxy) is 2. The minimum atomic E-state index is -0.384. The normalized spacial score (nSPS) is 10.7. The molecule has 0 saturated heterocycles. The van der Waals surface area contributed by atoms with Crippen molar-refractivity contribution in [3.63, 3.8) is 0 Å². The van der Waals surface area contributed by atoms with Crippen molar-refractivity contribution in [2.75, 3.05) is 7.11 Å². The predicted octanol–water partition coefficient (Wildman–Crippen LogP) is 4.52. The lowest BCUT2D eigenvalue weighted by atomic mass is 10.1. The number of esters is 1. The van der Waals surface area contributed by atoms with Crippen LogP contribution in [0.4, 0.5) is 0 Å². The topological polar surface area (TPSA) is 35.5 Å². The van der Waals surface area contributed by atoms with E-state index in [9.17, 15) is 4.79 Å². The molecule has 0 amide bonds. The van der Waals surface area contributed by atoms with Gasteiger partial charge in [-0.1, -0.05) is 40.2 Å². The van der Waals surface area contributed by atoms with Gasteiger partial charge in [-0.2, -0.15) is 0 Å². The molecule has 2 aromatic rings. The SMILES string of the molecule is COc1ccc(Br)cc1/C=C/C(=O)OCc1ccccc1C. The van der Waals surface area contributed by atoms with Gasteiger partial charge in [0, 0.05) is 16.1 Å². The average molecular weight is 361 g/mol. The number of hydrogen-bond donors (Lipinski definition) is 0. The van der Waals surface area contributed by atoms with Crippen LogP contribution in [0.5, 0.6) is 5.75 Å².